The Morgan fingerprint density at radius 1 is 1.16 bits per heavy atom. The van der Waals surface area contributed by atoms with Gasteiger partial charge in [0.05, 0.1) is 0 Å². The molecular weight excluding hydrogens is 406 g/mol. The molecule has 0 aliphatic heterocycles. The molecule has 0 unspecified atom stereocenters. The van der Waals surface area contributed by atoms with E-state index in [0.29, 0.717) is 36.5 Å². The van der Waals surface area contributed by atoms with Gasteiger partial charge in [0, 0.05) is 36.3 Å². The summed E-state index contributed by atoms with van der Waals surface area (Å²) in [4.78, 5) is 42.9. The van der Waals surface area contributed by atoms with Crippen molar-refractivity contribution in [1.82, 2.24) is 15.2 Å². The molecule has 0 spiro atoms. The zero-order chi connectivity index (χ0) is 23.3. The van der Waals surface area contributed by atoms with Gasteiger partial charge in [-0.05, 0) is 37.1 Å². The maximum absolute atomic E-state index is 12.8. The Balaban J connectivity index is 1.69. The second-order valence-electron chi connectivity index (χ2n) is 9.01. The van der Waals surface area contributed by atoms with Crippen LogP contribution in [-0.4, -0.2) is 47.8 Å². The van der Waals surface area contributed by atoms with Crippen LogP contribution in [0.2, 0.25) is 0 Å². The summed E-state index contributed by atoms with van der Waals surface area (Å²) in [5.41, 5.74) is 1.15. The topological polar surface area (TPSA) is 91.5 Å². The first kappa shape index (κ1) is 23.7. The Kier molecular flexibility index (Phi) is 7.51. The molecule has 0 fully saturated rings. The summed E-state index contributed by atoms with van der Waals surface area (Å²) in [6, 6.07) is 8.96. The first-order valence-electron chi connectivity index (χ1n) is 11.2. The summed E-state index contributed by atoms with van der Waals surface area (Å²) >= 11 is 0. The zero-order valence-electron chi connectivity index (χ0n) is 19.4. The van der Waals surface area contributed by atoms with Crippen LogP contribution >= 0.6 is 0 Å². The summed E-state index contributed by atoms with van der Waals surface area (Å²) in [5, 5.41) is 2.80. The van der Waals surface area contributed by atoms with Gasteiger partial charge in [0.1, 0.15) is 17.9 Å². The number of aromatic nitrogens is 1. The van der Waals surface area contributed by atoms with Gasteiger partial charge in [0.25, 0.3) is 11.5 Å². The van der Waals surface area contributed by atoms with E-state index in [1.54, 1.807) is 0 Å². The Morgan fingerprint density at radius 3 is 2.59 bits per heavy atom. The number of amides is 1. The normalized spacial score (nSPS) is 14.8. The van der Waals surface area contributed by atoms with Crippen molar-refractivity contribution in [2.45, 2.75) is 47.1 Å². The van der Waals surface area contributed by atoms with E-state index in [9.17, 15) is 14.4 Å². The molecule has 7 nitrogen and oxygen atoms in total. The van der Waals surface area contributed by atoms with Crippen LogP contribution in [0.4, 0.5) is 0 Å². The number of carbonyl (C=O) groups is 2. The predicted octanol–water partition coefficient (Wildman–Crippen LogP) is 3.18. The van der Waals surface area contributed by atoms with Gasteiger partial charge in [-0.2, -0.15) is 0 Å². The third-order valence-electron chi connectivity index (χ3n) is 5.93. The summed E-state index contributed by atoms with van der Waals surface area (Å²) in [7, 11) is 0. The molecule has 1 heterocycles. The lowest BCUT2D eigenvalue weighted by molar-refractivity contribution is 0.0910. The number of carbonyl (C=O) groups excluding carboxylic acids is 2. The Hall–Kier alpha value is -2.93. The highest BCUT2D eigenvalue weighted by Crippen LogP contribution is 2.33. The second-order valence-corrected chi connectivity index (χ2v) is 9.01. The molecule has 1 aromatic heterocycles. The fraction of sp³-hybridized carbons (Fsp3) is 0.480. The lowest BCUT2D eigenvalue weighted by Crippen LogP contribution is -2.34. The third kappa shape index (κ3) is 5.65. The Morgan fingerprint density at radius 2 is 1.88 bits per heavy atom. The van der Waals surface area contributed by atoms with Crippen LogP contribution in [0.25, 0.3) is 0 Å². The minimum atomic E-state index is -0.510. The van der Waals surface area contributed by atoms with Crippen molar-refractivity contribution in [1.29, 1.82) is 0 Å². The van der Waals surface area contributed by atoms with E-state index in [0.717, 1.165) is 25.2 Å². The minimum Gasteiger partial charge on any atom is -0.492 e. The number of para-hydroxylation sites is 1. The van der Waals surface area contributed by atoms with Crippen LogP contribution in [-0.2, 0) is 13.0 Å². The molecule has 2 N–H and O–H groups in total. The monoisotopic (exact) mass is 439 g/mol. The van der Waals surface area contributed by atoms with Crippen molar-refractivity contribution in [3.05, 3.63) is 63.1 Å². The molecule has 3 rings (SSSR count). The number of fused-ring (bicyclic) bond motifs is 1. The maximum atomic E-state index is 12.8. The summed E-state index contributed by atoms with van der Waals surface area (Å²) < 4.78 is 5.94. The number of nitrogens with one attached hydrogen (secondary N) is 2. The van der Waals surface area contributed by atoms with E-state index in [4.69, 9.17) is 4.74 Å². The predicted molar refractivity (Wildman–Crippen MR) is 124 cm³/mol. The molecule has 0 radical (unpaired) electrons. The third-order valence-corrected chi connectivity index (χ3v) is 5.93. The van der Waals surface area contributed by atoms with E-state index in [-0.39, 0.29) is 23.3 Å². The van der Waals surface area contributed by atoms with Crippen molar-refractivity contribution in [3.63, 3.8) is 0 Å². The molecule has 1 aromatic carbocycles. The van der Waals surface area contributed by atoms with Gasteiger partial charge in [0.15, 0.2) is 5.78 Å². The van der Waals surface area contributed by atoms with Crippen LogP contribution < -0.4 is 15.6 Å². The van der Waals surface area contributed by atoms with Crippen LogP contribution in [0.5, 0.6) is 5.75 Å². The fourth-order valence-corrected chi connectivity index (χ4v) is 4.08. The summed E-state index contributed by atoms with van der Waals surface area (Å²) in [5.74, 6) is 0.148. The molecule has 0 saturated heterocycles. The largest absolute Gasteiger partial charge is 0.492 e. The fourth-order valence-electron chi connectivity index (χ4n) is 4.08. The van der Waals surface area contributed by atoms with E-state index in [1.807, 2.05) is 38.1 Å². The standard InChI is InChI=1S/C25H33N3O4/c1-5-28(6-2)11-12-32-22-10-8-7-9-17(22)16-26-23(30)19-13-18-20(27-24(19)31)14-25(3,4)15-21(18)29/h7-10,13H,5-6,11-12,14-16H2,1-4H3,(H,26,30)(H,27,31). The Bertz CT molecular complexity index is 1040. The van der Waals surface area contributed by atoms with E-state index in [2.05, 4.69) is 29.0 Å². The molecule has 0 atom stereocenters. The molecule has 1 aliphatic rings. The Labute approximate surface area is 189 Å². The number of Topliss-reactive ketones (excluding diaryl/α,β-unsaturated/α-hetero) is 1. The number of nitrogens with zero attached hydrogens (tertiary/aromatic N) is 1. The van der Waals surface area contributed by atoms with Gasteiger partial charge >= 0.3 is 0 Å². The molecule has 0 saturated carbocycles. The quantitative estimate of drug-likeness (QED) is 0.626. The number of hydrogen-bond acceptors (Lipinski definition) is 5. The number of likely N-dealkylation sites (N-methyl/N-ethyl adjacent to an activating group) is 1. The van der Waals surface area contributed by atoms with Gasteiger partial charge < -0.3 is 19.9 Å². The minimum absolute atomic E-state index is 0.0447. The number of benzene rings is 1. The lowest BCUT2D eigenvalue weighted by Gasteiger charge is -2.29. The van der Waals surface area contributed by atoms with Gasteiger partial charge in [0.2, 0.25) is 0 Å². The molecular formula is C25H33N3O4. The van der Waals surface area contributed by atoms with Crippen LogP contribution in [0, 0.1) is 5.41 Å². The van der Waals surface area contributed by atoms with E-state index < -0.39 is 11.5 Å². The smallest absolute Gasteiger partial charge is 0.261 e. The average molecular weight is 440 g/mol. The van der Waals surface area contributed by atoms with E-state index >= 15 is 0 Å². The molecule has 1 aliphatic carbocycles. The van der Waals surface area contributed by atoms with Gasteiger partial charge in [-0.15, -0.1) is 0 Å². The van der Waals surface area contributed by atoms with Crippen molar-refractivity contribution >= 4 is 11.7 Å². The highest BCUT2D eigenvalue weighted by atomic mass is 16.5. The highest BCUT2D eigenvalue weighted by molar-refractivity contribution is 6.02. The van der Waals surface area contributed by atoms with Crippen molar-refractivity contribution in [2.75, 3.05) is 26.2 Å². The van der Waals surface area contributed by atoms with Crippen molar-refractivity contribution in [3.8, 4) is 5.75 Å². The van der Waals surface area contributed by atoms with Crippen LogP contribution in [0.15, 0.2) is 35.1 Å². The molecule has 0 bridgehead atoms. The molecule has 1 amide bonds. The number of ether oxygens (including phenoxy) is 1. The van der Waals surface area contributed by atoms with Crippen LogP contribution in [0.3, 0.4) is 0 Å². The molecule has 2 aromatic rings. The molecule has 32 heavy (non-hydrogen) atoms. The van der Waals surface area contributed by atoms with Gasteiger partial charge in [-0.1, -0.05) is 45.9 Å². The number of rotatable bonds is 9. The molecule has 172 valence electrons. The maximum Gasteiger partial charge on any atom is 0.261 e. The van der Waals surface area contributed by atoms with Crippen molar-refractivity contribution in [2.24, 2.45) is 5.41 Å². The number of H-pyrrole nitrogens is 1. The number of hydrogen-bond donors (Lipinski definition) is 2. The average Bonchev–Trinajstić information content (AvgIpc) is 2.74. The van der Waals surface area contributed by atoms with Crippen LogP contribution in [0.1, 0.15) is 66.1 Å². The van der Waals surface area contributed by atoms with Gasteiger partial charge in [-0.3, -0.25) is 14.4 Å². The highest BCUT2D eigenvalue weighted by Gasteiger charge is 2.32. The van der Waals surface area contributed by atoms with Gasteiger partial charge in [-0.25, -0.2) is 0 Å². The second kappa shape index (κ2) is 10.1. The van der Waals surface area contributed by atoms with E-state index in [1.165, 1.54) is 6.07 Å². The summed E-state index contributed by atoms with van der Waals surface area (Å²) in [6.45, 7) is 11.7. The first-order chi connectivity index (χ1) is 15.2. The number of ketones is 1. The first-order valence-corrected chi connectivity index (χ1v) is 11.2. The zero-order valence-corrected chi connectivity index (χ0v) is 19.4. The lowest BCUT2D eigenvalue weighted by atomic mass is 9.75. The number of aromatic amines is 1. The molecule has 7 heteroatoms. The SMILES string of the molecule is CCN(CC)CCOc1ccccc1CNC(=O)c1cc2c([nH]c1=O)CC(C)(C)CC2=O. The summed E-state index contributed by atoms with van der Waals surface area (Å²) in [6.07, 6.45) is 0.995. The van der Waals surface area contributed by atoms with Crippen molar-refractivity contribution < 1.29 is 14.3 Å². The number of pyridine rings is 1.